The van der Waals surface area contributed by atoms with Crippen LogP contribution >= 0.6 is 11.6 Å². The molecule has 0 aliphatic carbocycles. The maximum Gasteiger partial charge on any atom is 0.242 e. The van der Waals surface area contributed by atoms with E-state index in [1.807, 2.05) is 51.1 Å². The number of hydrogen-bond acceptors (Lipinski definition) is 4. The van der Waals surface area contributed by atoms with E-state index in [9.17, 15) is 18.0 Å². The number of carbonyl (C=O) groups excluding carboxylic acids is 2. The van der Waals surface area contributed by atoms with E-state index in [1.54, 1.807) is 30.0 Å². The Kier molecular flexibility index (Phi) is 10.6. The molecule has 2 amide bonds. The second-order valence-corrected chi connectivity index (χ2v) is 11.2. The maximum absolute atomic E-state index is 13.3. The van der Waals surface area contributed by atoms with E-state index >= 15 is 0 Å². The molecule has 1 N–H and O–H groups in total. The second kappa shape index (κ2) is 12.9. The van der Waals surface area contributed by atoms with Crippen LogP contribution in [0.25, 0.3) is 0 Å². The summed E-state index contributed by atoms with van der Waals surface area (Å²) in [7, 11) is -3.58. The van der Waals surface area contributed by atoms with Gasteiger partial charge in [0, 0.05) is 30.6 Å². The number of amides is 2. The van der Waals surface area contributed by atoms with Gasteiger partial charge in [0.25, 0.3) is 0 Å². The fourth-order valence-electron chi connectivity index (χ4n) is 3.66. The first kappa shape index (κ1) is 28.7. The SMILES string of the molecule is CC[C@@H](C)NC(=O)[C@H](C)N(Cc1ccccc1)C(=O)CCCN(c1cc(Cl)ccc1C)S(C)(=O)=O. The highest BCUT2D eigenvalue weighted by molar-refractivity contribution is 7.92. The number of rotatable bonds is 12. The van der Waals surface area contributed by atoms with Gasteiger partial charge in [-0.3, -0.25) is 13.9 Å². The zero-order valence-electron chi connectivity index (χ0n) is 21.1. The fraction of sp³-hybridized carbons (Fsp3) is 0.462. The van der Waals surface area contributed by atoms with Crippen LogP contribution in [0.1, 0.15) is 51.2 Å². The summed E-state index contributed by atoms with van der Waals surface area (Å²) < 4.78 is 26.3. The molecule has 35 heavy (non-hydrogen) atoms. The van der Waals surface area contributed by atoms with Gasteiger partial charge in [-0.15, -0.1) is 0 Å². The minimum absolute atomic E-state index is 0.00267. The summed E-state index contributed by atoms with van der Waals surface area (Å²) in [6.45, 7) is 7.85. The lowest BCUT2D eigenvalue weighted by atomic mass is 10.1. The van der Waals surface area contributed by atoms with E-state index in [2.05, 4.69) is 5.32 Å². The number of benzene rings is 2. The van der Waals surface area contributed by atoms with Crippen LogP contribution in [0.5, 0.6) is 0 Å². The molecule has 0 aliphatic heterocycles. The van der Waals surface area contributed by atoms with E-state index < -0.39 is 16.1 Å². The molecule has 0 saturated carbocycles. The second-order valence-electron chi connectivity index (χ2n) is 8.87. The minimum Gasteiger partial charge on any atom is -0.352 e. The van der Waals surface area contributed by atoms with Crippen LogP contribution in [0.15, 0.2) is 48.5 Å². The van der Waals surface area contributed by atoms with Crippen molar-refractivity contribution in [2.75, 3.05) is 17.1 Å². The first-order valence-corrected chi connectivity index (χ1v) is 14.0. The number of nitrogens with one attached hydrogen (secondary N) is 1. The molecule has 7 nitrogen and oxygen atoms in total. The summed E-state index contributed by atoms with van der Waals surface area (Å²) in [6, 6.07) is 13.9. The van der Waals surface area contributed by atoms with E-state index in [0.717, 1.165) is 23.8 Å². The summed E-state index contributed by atoms with van der Waals surface area (Å²) in [5.41, 5.74) is 2.18. The lowest BCUT2D eigenvalue weighted by molar-refractivity contribution is -0.140. The summed E-state index contributed by atoms with van der Waals surface area (Å²) in [5, 5.41) is 3.38. The van der Waals surface area contributed by atoms with Crippen molar-refractivity contribution < 1.29 is 18.0 Å². The summed E-state index contributed by atoms with van der Waals surface area (Å²) >= 11 is 6.10. The van der Waals surface area contributed by atoms with Gasteiger partial charge in [-0.2, -0.15) is 0 Å². The zero-order chi connectivity index (χ0) is 26.2. The van der Waals surface area contributed by atoms with Gasteiger partial charge in [0.05, 0.1) is 11.9 Å². The predicted molar refractivity (Wildman–Crippen MR) is 142 cm³/mol. The van der Waals surface area contributed by atoms with Gasteiger partial charge in [-0.25, -0.2) is 8.42 Å². The number of halogens is 1. The normalized spacial score (nSPS) is 13.1. The third-order valence-electron chi connectivity index (χ3n) is 5.96. The van der Waals surface area contributed by atoms with Gasteiger partial charge in [-0.05, 0) is 56.9 Å². The molecule has 0 saturated heterocycles. The fourth-order valence-corrected chi connectivity index (χ4v) is 4.84. The number of hydrogen-bond donors (Lipinski definition) is 1. The predicted octanol–water partition coefficient (Wildman–Crippen LogP) is 4.53. The van der Waals surface area contributed by atoms with Gasteiger partial charge in [0.1, 0.15) is 6.04 Å². The number of nitrogens with zero attached hydrogens (tertiary/aromatic N) is 2. The Bertz CT molecular complexity index is 1110. The van der Waals surface area contributed by atoms with Crippen LogP contribution in [0, 0.1) is 6.92 Å². The first-order valence-electron chi connectivity index (χ1n) is 11.8. The lowest BCUT2D eigenvalue weighted by Crippen LogP contribution is -2.49. The van der Waals surface area contributed by atoms with Crippen LogP contribution in [-0.2, 0) is 26.2 Å². The van der Waals surface area contributed by atoms with Crippen molar-refractivity contribution in [1.82, 2.24) is 10.2 Å². The summed E-state index contributed by atoms with van der Waals surface area (Å²) in [6.07, 6.45) is 2.32. The highest BCUT2D eigenvalue weighted by Crippen LogP contribution is 2.27. The monoisotopic (exact) mass is 521 g/mol. The lowest BCUT2D eigenvalue weighted by Gasteiger charge is -2.30. The molecule has 2 aromatic carbocycles. The van der Waals surface area contributed by atoms with Crippen molar-refractivity contribution in [3.63, 3.8) is 0 Å². The Morgan fingerprint density at radius 2 is 1.74 bits per heavy atom. The van der Waals surface area contributed by atoms with Gasteiger partial charge < -0.3 is 10.2 Å². The third kappa shape index (κ3) is 8.54. The van der Waals surface area contributed by atoms with Crippen molar-refractivity contribution in [1.29, 1.82) is 0 Å². The molecule has 0 spiro atoms. The summed E-state index contributed by atoms with van der Waals surface area (Å²) in [5.74, 6) is -0.423. The van der Waals surface area contributed by atoms with E-state index in [4.69, 9.17) is 11.6 Å². The Morgan fingerprint density at radius 1 is 1.09 bits per heavy atom. The first-order chi connectivity index (χ1) is 16.4. The van der Waals surface area contributed by atoms with Gasteiger partial charge >= 0.3 is 0 Å². The summed E-state index contributed by atoms with van der Waals surface area (Å²) in [4.78, 5) is 27.7. The molecule has 0 fully saturated rings. The Hall–Kier alpha value is -2.58. The van der Waals surface area contributed by atoms with Crippen molar-refractivity contribution >= 4 is 39.1 Å². The van der Waals surface area contributed by atoms with E-state index in [1.165, 1.54) is 4.31 Å². The topological polar surface area (TPSA) is 86.8 Å². The average molecular weight is 522 g/mol. The number of carbonyl (C=O) groups is 2. The average Bonchev–Trinajstić information content (AvgIpc) is 2.81. The number of sulfonamides is 1. The molecular formula is C26H36ClN3O4S. The van der Waals surface area contributed by atoms with Crippen LogP contribution < -0.4 is 9.62 Å². The minimum atomic E-state index is -3.58. The third-order valence-corrected chi connectivity index (χ3v) is 7.37. The van der Waals surface area contributed by atoms with Crippen LogP contribution in [0.4, 0.5) is 5.69 Å². The molecule has 9 heteroatoms. The molecule has 0 radical (unpaired) electrons. The molecule has 2 atom stereocenters. The standard InChI is InChI=1S/C26H36ClN3O4S/c1-6-20(3)28-26(32)21(4)29(18-22-11-8-7-9-12-22)25(31)13-10-16-30(35(5,33)34)24-17-23(27)15-14-19(24)2/h7-9,11-12,14-15,17,20-21H,6,10,13,16,18H2,1-5H3,(H,28,32)/t20-,21+/m1/s1. The highest BCUT2D eigenvalue weighted by atomic mass is 35.5. The van der Waals surface area contributed by atoms with Crippen molar-refractivity contribution in [2.24, 2.45) is 0 Å². The van der Waals surface area contributed by atoms with Gasteiger partial charge in [-0.1, -0.05) is 54.9 Å². The Labute approximate surface area is 214 Å². The van der Waals surface area contributed by atoms with Crippen molar-refractivity contribution in [3.05, 3.63) is 64.7 Å². The molecule has 192 valence electrons. The Morgan fingerprint density at radius 3 is 2.34 bits per heavy atom. The molecule has 0 bridgehead atoms. The highest BCUT2D eigenvalue weighted by Gasteiger charge is 2.27. The van der Waals surface area contributed by atoms with Crippen LogP contribution in [0.2, 0.25) is 5.02 Å². The van der Waals surface area contributed by atoms with Crippen LogP contribution in [0.3, 0.4) is 0 Å². The van der Waals surface area contributed by atoms with Gasteiger partial charge in [0.15, 0.2) is 0 Å². The number of aryl methyl sites for hydroxylation is 1. The molecule has 0 unspecified atom stereocenters. The molecule has 2 rings (SSSR count). The van der Waals surface area contributed by atoms with Gasteiger partial charge in [0.2, 0.25) is 21.8 Å². The Balaban J connectivity index is 2.18. The van der Waals surface area contributed by atoms with Crippen molar-refractivity contribution in [3.8, 4) is 0 Å². The van der Waals surface area contributed by atoms with Crippen LogP contribution in [-0.4, -0.2) is 50.0 Å². The zero-order valence-corrected chi connectivity index (χ0v) is 22.7. The molecular weight excluding hydrogens is 486 g/mol. The largest absolute Gasteiger partial charge is 0.352 e. The number of anilines is 1. The molecule has 0 aromatic heterocycles. The van der Waals surface area contributed by atoms with E-state index in [-0.39, 0.29) is 37.4 Å². The molecule has 0 heterocycles. The molecule has 0 aliphatic rings. The van der Waals surface area contributed by atoms with Crippen molar-refractivity contribution in [2.45, 2.75) is 65.6 Å². The smallest absolute Gasteiger partial charge is 0.242 e. The van der Waals surface area contributed by atoms with E-state index in [0.29, 0.717) is 17.1 Å². The quantitative estimate of drug-likeness (QED) is 0.444. The maximum atomic E-state index is 13.3. The molecule has 2 aromatic rings.